The van der Waals surface area contributed by atoms with Gasteiger partial charge in [-0.2, -0.15) is 0 Å². The van der Waals surface area contributed by atoms with Crippen LogP contribution in [0, 0.1) is 0 Å². The third-order valence-electron chi connectivity index (χ3n) is 3.28. The van der Waals surface area contributed by atoms with Gasteiger partial charge < -0.3 is 5.73 Å². The van der Waals surface area contributed by atoms with Gasteiger partial charge in [0.25, 0.3) is 0 Å². The Labute approximate surface area is 124 Å². The lowest BCUT2D eigenvalue weighted by Gasteiger charge is -2.11. The molecular formula is C17H18ClNO. The fourth-order valence-corrected chi connectivity index (χ4v) is 2.23. The molecule has 1 atom stereocenters. The van der Waals surface area contributed by atoms with Crippen molar-refractivity contribution in [1.82, 2.24) is 0 Å². The van der Waals surface area contributed by atoms with E-state index in [1.807, 2.05) is 42.5 Å². The number of nitrogens with two attached hydrogens (primary N) is 1. The van der Waals surface area contributed by atoms with Crippen molar-refractivity contribution in [3.63, 3.8) is 0 Å². The van der Waals surface area contributed by atoms with E-state index < -0.39 is 0 Å². The third-order valence-corrected chi connectivity index (χ3v) is 3.53. The highest BCUT2D eigenvalue weighted by Crippen LogP contribution is 2.16. The van der Waals surface area contributed by atoms with Crippen LogP contribution in [0.5, 0.6) is 0 Å². The lowest BCUT2D eigenvalue weighted by Crippen LogP contribution is -2.13. The summed E-state index contributed by atoms with van der Waals surface area (Å²) in [4.78, 5) is 11.9. The third kappa shape index (κ3) is 4.48. The number of Topliss-reactive ketones (excluding diaryl/α,β-unsaturated/α-hetero) is 1. The molecular weight excluding hydrogens is 270 g/mol. The monoisotopic (exact) mass is 287 g/mol. The number of hydrogen-bond acceptors (Lipinski definition) is 2. The second-order valence-corrected chi connectivity index (χ2v) is 5.33. The van der Waals surface area contributed by atoms with Gasteiger partial charge in [-0.25, -0.2) is 0 Å². The van der Waals surface area contributed by atoms with E-state index in [2.05, 4.69) is 0 Å². The van der Waals surface area contributed by atoms with Crippen LogP contribution in [-0.2, 0) is 11.2 Å². The molecule has 0 spiro atoms. The molecule has 0 heterocycles. The lowest BCUT2D eigenvalue weighted by molar-refractivity contribution is -0.118. The first-order chi connectivity index (χ1) is 9.65. The molecule has 2 rings (SSSR count). The predicted molar refractivity (Wildman–Crippen MR) is 82.8 cm³/mol. The molecule has 0 amide bonds. The van der Waals surface area contributed by atoms with Gasteiger partial charge in [-0.3, -0.25) is 4.79 Å². The van der Waals surface area contributed by atoms with Crippen LogP contribution in [0.3, 0.4) is 0 Å². The van der Waals surface area contributed by atoms with E-state index in [4.69, 9.17) is 17.3 Å². The maximum Gasteiger partial charge on any atom is 0.137 e. The molecule has 0 aliphatic heterocycles. The molecule has 0 aliphatic carbocycles. The highest BCUT2D eigenvalue weighted by atomic mass is 35.5. The number of halogens is 1. The van der Waals surface area contributed by atoms with Gasteiger partial charge in [0, 0.05) is 23.9 Å². The summed E-state index contributed by atoms with van der Waals surface area (Å²) in [6.45, 7) is 0. The summed E-state index contributed by atoms with van der Waals surface area (Å²) in [5.41, 5.74) is 8.16. The molecule has 0 saturated carbocycles. The van der Waals surface area contributed by atoms with Crippen LogP contribution in [0.4, 0.5) is 0 Å². The quantitative estimate of drug-likeness (QED) is 0.875. The standard InChI is InChI=1S/C17H18ClNO/c18-15-8-6-13(7-9-15)12-16(20)10-11-17(19)14-4-2-1-3-5-14/h1-9,17H,10-12,19H2. The van der Waals surface area contributed by atoms with Crippen molar-refractivity contribution in [1.29, 1.82) is 0 Å². The lowest BCUT2D eigenvalue weighted by atomic mass is 9.99. The minimum atomic E-state index is -0.0784. The summed E-state index contributed by atoms with van der Waals surface area (Å²) in [6, 6.07) is 17.2. The first-order valence-corrected chi connectivity index (χ1v) is 7.09. The predicted octanol–water partition coefficient (Wildman–Crippen LogP) is 3.93. The van der Waals surface area contributed by atoms with Gasteiger partial charge in [0.15, 0.2) is 0 Å². The van der Waals surface area contributed by atoms with Crippen molar-refractivity contribution >= 4 is 17.4 Å². The van der Waals surface area contributed by atoms with Crippen molar-refractivity contribution in [2.75, 3.05) is 0 Å². The van der Waals surface area contributed by atoms with Crippen LogP contribution >= 0.6 is 11.6 Å². The van der Waals surface area contributed by atoms with Crippen molar-refractivity contribution in [2.45, 2.75) is 25.3 Å². The summed E-state index contributed by atoms with van der Waals surface area (Å²) < 4.78 is 0. The highest BCUT2D eigenvalue weighted by molar-refractivity contribution is 6.30. The minimum Gasteiger partial charge on any atom is -0.324 e. The van der Waals surface area contributed by atoms with Crippen LogP contribution in [0.15, 0.2) is 54.6 Å². The van der Waals surface area contributed by atoms with Crippen LogP contribution < -0.4 is 5.73 Å². The molecule has 0 aromatic heterocycles. The second-order valence-electron chi connectivity index (χ2n) is 4.90. The number of carbonyl (C=O) groups excluding carboxylic acids is 1. The molecule has 104 valence electrons. The Kier molecular flexibility index (Phi) is 5.33. The summed E-state index contributed by atoms with van der Waals surface area (Å²) in [6.07, 6.45) is 1.62. The van der Waals surface area contributed by atoms with Crippen LogP contribution in [0.25, 0.3) is 0 Å². The second kappa shape index (κ2) is 7.22. The Morgan fingerprint density at radius 3 is 2.35 bits per heavy atom. The van der Waals surface area contributed by atoms with Gasteiger partial charge in [0.1, 0.15) is 5.78 Å². The molecule has 0 fully saturated rings. The van der Waals surface area contributed by atoms with Gasteiger partial charge in [0.05, 0.1) is 0 Å². The van der Waals surface area contributed by atoms with Gasteiger partial charge in [0.2, 0.25) is 0 Å². The summed E-state index contributed by atoms with van der Waals surface area (Å²) in [5, 5.41) is 0.687. The Morgan fingerprint density at radius 1 is 1.05 bits per heavy atom. The van der Waals surface area contributed by atoms with Gasteiger partial charge in [-0.1, -0.05) is 54.1 Å². The average molecular weight is 288 g/mol. The van der Waals surface area contributed by atoms with Gasteiger partial charge >= 0.3 is 0 Å². The van der Waals surface area contributed by atoms with Crippen molar-refractivity contribution in [3.05, 3.63) is 70.7 Å². The highest BCUT2D eigenvalue weighted by Gasteiger charge is 2.09. The van der Waals surface area contributed by atoms with E-state index in [-0.39, 0.29) is 11.8 Å². The average Bonchev–Trinajstić information content (AvgIpc) is 2.48. The largest absolute Gasteiger partial charge is 0.324 e. The minimum absolute atomic E-state index is 0.0784. The molecule has 0 bridgehead atoms. The molecule has 0 saturated heterocycles. The Hall–Kier alpha value is -1.64. The van der Waals surface area contributed by atoms with E-state index in [9.17, 15) is 4.79 Å². The number of hydrogen-bond donors (Lipinski definition) is 1. The summed E-state index contributed by atoms with van der Waals surface area (Å²) >= 11 is 5.82. The maximum atomic E-state index is 11.9. The smallest absolute Gasteiger partial charge is 0.137 e. The molecule has 20 heavy (non-hydrogen) atoms. The molecule has 2 aromatic carbocycles. The fraction of sp³-hybridized carbons (Fsp3) is 0.235. The normalized spacial score (nSPS) is 12.1. The first-order valence-electron chi connectivity index (χ1n) is 6.72. The Bertz CT molecular complexity index is 551. The topological polar surface area (TPSA) is 43.1 Å². The van der Waals surface area contributed by atoms with Crippen molar-refractivity contribution < 1.29 is 4.79 Å². The van der Waals surface area contributed by atoms with Crippen LogP contribution in [0.2, 0.25) is 5.02 Å². The number of rotatable bonds is 6. The molecule has 1 unspecified atom stereocenters. The molecule has 2 nitrogen and oxygen atoms in total. The maximum absolute atomic E-state index is 11.9. The zero-order chi connectivity index (χ0) is 14.4. The molecule has 2 aromatic rings. The fourth-order valence-electron chi connectivity index (χ4n) is 2.10. The summed E-state index contributed by atoms with van der Waals surface area (Å²) in [5.74, 6) is 0.207. The van der Waals surface area contributed by atoms with E-state index in [0.29, 0.717) is 24.3 Å². The molecule has 0 aliphatic rings. The Balaban J connectivity index is 1.82. The zero-order valence-corrected chi connectivity index (χ0v) is 12.0. The first kappa shape index (κ1) is 14.8. The van der Waals surface area contributed by atoms with E-state index in [0.717, 1.165) is 11.1 Å². The van der Waals surface area contributed by atoms with Gasteiger partial charge in [-0.05, 0) is 29.7 Å². The Morgan fingerprint density at radius 2 is 1.70 bits per heavy atom. The molecule has 2 N–H and O–H groups in total. The number of ketones is 1. The van der Waals surface area contributed by atoms with E-state index >= 15 is 0 Å². The van der Waals surface area contributed by atoms with E-state index in [1.54, 1.807) is 12.1 Å². The van der Waals surface area contributed by atoms with Gasteiger partial charge in [-0.15, -0.1) is 0 Å². The number of benzene rings is 2. The zero-order valence-electron chi connectivity index (χ0n) is 11.3. The molecule has 3 heteroatoms. The molecule has 0 radical (unpaired) electrons. The summed E-state index contributed by atoms with van der Waals surface area (Å²) in [7, 11) is 0. The van der Waals surface area contributed by atoms with Crippen LogP contribution in [-0.4, -0.2) is 5.78 Å². The van der Waals surface area contributed by atoms with Crippen LogP contribution in [0.1, 0.15) is 30.0 Å². The van der Waals surface area contributed by atoms with Crippen molar-refractivity contribution in [3.8, 4) is 0 Å². The van der Waals surface area contributed by atoms with Crippen molar-refractivity contribution in [2.24, 2.45) is 5.73 Å². The SMILES string of the molecule is NC(CCC(=O)Cc1ccc(Cl)cc1)c1ccccc1. The van der Waals surface area contributed by atoms with E-state index in [1.165, 1.54) is 0 Å². The number of carbonyl (C=O) groups is 1.